The number of thiazole rings is 1. The lowest BCUT2D eigenvalue weighted by molar-refractivity contribution is -0.118. The Morgan fingerprint density at radius 2 is 2.00 bits per heavy atom. The van der Waals surface area contributed by atoms with Crippen LogP contribution in [0.2, 0.25) is 0 Å². The van der Waals surface area contributed by atoms with Gasteiger partial charge in [-0.15, -0.1) is 6.42 Å². The lowest BCUT2D eigenvalue weighted by atomic mass is 10.1. The lowest BCUT2D eigenvalue weighted by Crippen LogP contribution is -2.31. The number of aromatic nitrogens is 1. The van der Waals surface area contributed by atoms with Gasteiger partial charge in [0.25, 0.3) is 5.91 Å². The number of carbonyl (C=O) groups excluding carboxylic acids is 1. The third-order valence-corrected chi connectivity index (χ3v) is 5.99. The fourth-order valence-corrected chi connectivity index (χ4v) is 3.57. The molecule has 1 amide bonds. The van der Waals surface area contributed by atoms with Gasteiger partial charge in [-0.25, -0.2) is 8.42 Å². The zero-order chi connectivity index (χ0) is 18.1. The van der Waals surface area contributed by atoms with Gasteiger partial charge in [-0.2, -0.15) is 9.30 Å². The summed E-state index contributed by atoms with van der Waals surface area (Å²) < 4.78 is 26.6. The summed E-state index contributed by atoms with van der Waals surface area (Å²) in [5.74, 6) is 2.03. The molecule has 8 heteroatoms. The van der Waals surface area contributed by atoms with Crippen LogP contribution in [0.5, 0.6) is 0 Å². The molecule has 0 aliphatic heterocycles. The largest absolute Gasteiger partial charge is 0.305 e. The molecule has 24 heavy (non-hydrogen) atoms. The molecule has 0 fully saturated rings. The molecule has 0 saturated carbocycles. The van der Waals surface area contributed by atoms with Gasteiger partial charge in [-0.3, -0.25) is 4.79 Å². The predicted molar refractivity (Wildman–Crippen MR) is 96.2 cm³/mol. The normalized spacial score (nSPS) is 12.8. The van der Waals surface area contributed by atoms with E-state index in [0.717, 1.165) is 31.9 Å². The first-order valence-corrected chi connectivity index (χ1v) is 9.83. The van der Waals surface area contributed by atoms with Crippen LogP contribution in [-0.4, -0.2) is 43.0 Å². The number of aryl methyl sites for hydroxylation is 2. The first kappa shape index (κ1) is 18.4. The van der Waals surface area contributed by atoms with Gasteiger partial charge in [0.1, 0.15) is 0 Å². The van der Waals surface area contributed by atoms with Crippen LogP contribution in [0, 0.1) is 26.2 Å². The molecule has 0 aliphatic rings. The van der Waals surface area contributed by atoms with Crippen molar-refractivity contribution in [1.82, 2.24) is 8.87 Å². The van der Waals surface area contributed by atoms with Gasteiger partial charge in [0.15, 0.2) is 4.80 Å². The fraction of sp³-hybridized carbons (Fsp3) is 0.375. The quantitative estimate of drug-likeness (QED) is 0.766. The van der Waals surface area contributed by atoms with Gasteiger partial charge in [0, 0.05) is 7.05 Å². The molecule has 1 heterocycles. The van der Waals surface area contributed by atoms with Crippen LogP contribution in [0.1, 0.15) is 11.1 Å². The Balaban J connectivity index is 2.53. The Labute approximate surface area is 145 Å². The zero-order valence-corrected chi connectivity index (χ0v) is 15.7. The molecule has 1 aromatic heterocycles. The van der Waals surface area contributed by atoms with Crippen molar-refractivity contribution in [2.45, 2.75) is 20.4 Å². The Morgan fingerprint density at radius 3 is 2.58 bits per heavy atom. The highest BCUT2D eigenvalue weighted by Gasteiger charge is 2.15. The Kier molecular flexibility index (Phi) is 5.28. The highest BCUT2D eigenvalue weighted by Crippen LogP contribution is 2.21. The molecule has 2 rings (SSSR count). The second-order valence-electron chi connectivity index (χ2n) is 5.60. The van der Waals surface area contributed by atoms with Crippen LogP contribution in [-0.2, 0) is 21.4 Å². The van der Waals surface area contributed by atoms with E-state index in [1.165, 1.54) is 18.4 Å². The minimum Gasteiger partial charge on any atom is -0.305 e. The second kappa shape index (κ2) is 6.89. The Hall–Kier alpha value is -1.95. The van der Waals surface area contributed by atoms with E-state index in [-0.39, 0.29) is 13.1 Å². The maximum absolute atomic E-state index is 12.1. The number of hydrogen-bond donors (Lipinski definition) is 0. The van der Waals surface area contributed by atoms with Crippen LogP contribution >= 0.6 is 11.3 Å². The topological polar surface area (TPSA) is 71.7 Å². The van der Waals surface area contributed by atoms with Crippen molar-refractivity contribution in [3.05, 3.63) is 28.1 Å². The van der Waals surface area contributed by atoms with Crippen LogP contribution in [0.4, 0.5) is 0 Å². The molecule has 128 valence electrons. The van der Waals surface area contributed by atoms with Crippen molar-refractivity contribution in [3.63, 3.8) is 0 Å². The number of fused-ring (bicyclic) bond motifs is 1. The zero-order valence-electron chi connectivity index (χ0n) is 14.0. The molecule has 0 N–H and O–H groups in total. The number of amides is 1. The van der Waals surface area contributed by atoms with Crippen molar-refractivity contribution < 1.29 is 13.2 Å². The van der Waals surface area contributed by atoms with Gasteiger partial charge < -0.3 is 4.57 Å². The number of sulfonamides is 1. The molecular weight excluding hydrogens is 346 g/mol. The third-order valence-electron chi connectivity index (χ3n) is 3.69. The average Bonchev–Trinajstić information content (AvgIpc) is 2.76. The summed E-state index contributed by atoms with van der Waals surface area (Å²) in [5.41, 5.74) is 3.19. The van der Waals surface area contributed by atoms with Crippen molar-refractivity contribution in [3.8, 4) is 12.3 Å². The van der Waals surface area contributed by atoms with E-state index in [4.69, 9.17) is 6.42 Å². The van der Waals surface area contributed by atoms with E-state index >= 15 is 0 Å². The van der Waals surface area contributed by atoms with Crippen LogP contribution in [0.3, 0.4) is 0 Å². The number of benzene rings is 1. The van der Waals surface area contributed by atoms with Gasteiger partial charge >= 0.3 is 0 Å². The molecule has 1 aromatic carbocycles. The molecule has 0 saturated heterocycles. The Morgan fingerprint density at radius 1 is 1.38 bits per heavy atom. The van der Waals surface area contributed by atoms with E-state index in [1.54, 1.807) is 4.57 Å². The minimum absolute atomic E-state index is 0.288. The molecule has 2 aromatic rings. The van der Waals surface area contributed by atoms with E-state index in [9.17, 15) is 13.2 Å². The molecule has 6 nitrogen and oxygen atoms in total. The van der Waals surface area contributed by atoms with Gasteiger partial charge in [0.2, 0.25) is 10.0 Å². The number of hydrogen-bond acceptors (Lipinski definition) is 4. The standard InChI is InChI=1S/C16H19N3O3S2/c1-6-7-19-13-8-11(2)12(3)9-14(13)23-16(19)17-15(20)10-18(4)24(5,21)22/h1,8-9H,7,10H2,2-5H3. The first-order valence-electron chi connectivity index (χ1n) is 7.16. The summed E-state index contributed by atoms with van der Waals surface area (Å²) in [6, 6.07) is 4.05. The minimum atomic E-state index is -3.43. The highest BCUT2D eigenvalue weighted by molar-refractivity contribution is 7.88. The SMILES string of the molecule is C#CCn1c(=NC(=O)CN(C)S(C)(=O)=O)sc2cc(C)c(C)cc21. The molecule has 0 unspecified atom stereocenters. The second-order valence-corrected chi connectivity index (χ2v) is 8.70. The highest BCUT2D eigenvalue weighted by atomic mass is 32.2. The average molecular weight is 365 g/mol. The van der Waals surface area contributed by atoms with Gasteiger partial charge in [0.05, 0.1) is 29.6 Å². The summed E-state index contributed by atoms with van der Waals surface area (Å²) in [4.78, 5) is 16.6. The predicted octanol–water partition coefficient (Wildman–Crippen LogP) is 1.27. The number of nitrogens with zero attached hydrogens (tertiary/aromatic N) is 3. The summed E-state index contributed by atoms with van der Waals surface area (Å²) in [6.07, 6.45) is 6.48. The van der Waals surface area contributed by atoms with Crippen molar-refractivity contribution in [1.29, 1.82) is 0 Å². The fourth-order valence-electron chi connectivity index (χ4n) is 2.10. The molecule has 0 radical (unpaired) electrons. The van der Waals surface area contributed by atoms with Crippen molar-refractivity contribution in [2.24, 2.45) is 4.99 Å². The van der Waals surface area contributed by atoms with E-state index < -0.39 is 15.9 Å². The van der Waals surface area contributed by atoms with Crippen molar-refractivity contribution in [2.75, 3.05) is 19.8 Å². The summed E-state index contributed by atoms with van der Waals surface area (Å²) >= 11 is 1.36. The first-order chi connectivity index (χ1) is 11.1. The molecule has 0 bridgehead atoms. The molecule has 0 aliphatic carbocycles. The van der Waals surface area contributed by atoms with Crippen LogP contribution in [0.15, 0.2) is 17.1 Å². The maximum atomic E-state index is 12.1. The summed E-state index contributed by atoms with van der Waals surface area (Å²) in [5, 5.41) is 0. The Bertz CT molecular complexity index is 1010. The van der Waals surface area contributed by atoms with Crippen LogP contribution < -0.4 is 4.80 Å². The molecule has 0 spiro atoms. The summed E-state index contributed by atoms with van der Waals surface area (Å²) in [7, 11) is -2.09. The number of rotatable bonds is 4. The van der Waals surface area contributed by atoms with Gasteiger partial charge in [-0.1, -0.05) is 17.3 Å². The third kappa shape index (κ3) is 3.93. The van der Waals surface area contributed by atoms with E-state index in [2.05, 4.69) is 10.9 Å². The van der Waals surface area contributed by atoms with E-state index in [0.29, 0.717) is 4.80 Å². The van der Waals surface area contributed by atoms with E-state index in [1.807, 2.05) is 26.0 Å². The summed E-state index contributed by atoms with van der Waals surface area (Å²) in [6.45, 7) is 4.01. The number of carbonyl (C=O) groups is 1. The maximum Gasteiger partial charge on any atom is 0.263 e. The van der Waals surface area contributed by atoms with Gasteiger partial charge in [-0.05, 0) is 37.1 Å². The monoisotopic (exact) mass is 365 g/mol. The number of terminal acetylenes is 1. The molecule has 0 atom stereocenters. The smallest absolute Gasteiger partial charge is 0.263 e. The molecular formula is C16H19N3O3S2. The van der Waals surface area contributed by atoms with Crippen LogP contribution in [0.25, 0.3) is 10.2 Å². The van der Waals surface area contributed by atoms with Crippen molar-refractivity contribution >= 4 is 37.5 Å². The number of likely N-dealkylation sites (N-methyl/N-ethyl adjacent to an activating group) is 1. The lowest BCUT2D eigenvalue weighted by Gasteiger charge is -2.10.